The van der Waals surface area contributed by atoms with E-state index in [1.165, 1.54) is 4.90 Å². The van der Waals surface area contributed by atoms with Crippen LogP contribution in [-0.2, 0) is 19.1 Å². The molecular weight excluding hydrogens is 290 g/mol. The zero-order valence-electron chi connectivity index (χ0n) is 13.5. The van der Waals surface area contributed by atoms with Crippen molar-refractivity contribution in [3.8, 4) is 0 Å². The fraction of sp³-hybridized carbons (Fsp3) is 0.786. The lowest BCUT2D eigenvalue weighted by atomic mass is 10.1. The minimum Gasteiger partial charge on any atom is -0.444 e. The fourth-order valence-corrected chi connectivity index (χ4v) is 2.21. The number of amides is 3. The van der Waals surface area contributed by atoms with E-state index >= 15 is 0 Å². The first kappa shape index (κ1) is 18.2. The van der Waals surface area contributed by atoms with Gasteiger partial charge in [-0.2, -0.15) is 0 Å². The third-order valence-electron chi connectivity index (χ3n) is 3.11. The number of ether oxygens (including phenoxy) is 2. The highest BCUT2D eigenvalue weighted by molar-refractivity contribution is 5.87. The van der Waals surface area contributed by atoms with Crippen LogP contribution in [0.3, 0.4) is 0 Å². The molecule has 1 aliphatic rings. The molecule has 2 atom stereocenters. The number of nitrogens with zero attached hydrogens (tertiary/aromatic N) is 1. The van der Waals surface area contributed by atoms with Crippen molar-refractivity contribution in [2.45, 2.75) is 51.9 Å². The molecule has 126 valence electrons. The second kappa shape index (κ2) is 7.44. The van der Waals surface area contributed by atoms with Gasteiger partial charge in [-0.3, -0.25) is 9.59 Å². The van der Waals surface area contributed by atoms with Gasteiger partial charge >= 0.3 is 6.09 Å². The highest BCUT2D eigenvalue weighted by Crippen LogP contribution is 2.15. The molecule has 3 N–H and O–H groups in total. The molecule has 8 heteroatoms. The van der Waals surface area contributed by atoms with E-state index < -0.39 is 29.7 Å². The molecule has 1 rings (SSSR count). The third-order valence-corrected chi connectivity index (χ3v) is 3.11. The molecule has 1 aliphatic heterocycles. The number of rotatable bonds is 4. The maximum Gasteiger partial charge on any atom is 0.407 e. The van der Waals surface area contributed by atoms with E-state index in [9.17, 15) is 14.4 Å². The Morgan fingerprint density at radius 1 is 1.36 bits per heavy atom. The topological polar surface area (TPSA) is 111 Å². The number of morpholine rings is 1. The predicted molar refractivity (Wildman–Crippen MR) is 79.0 cm³/mol. The van der Waals surface area contributed by atoms with Gasteiger partial charge in [-0.25, -0.2) is 4.79 Å². The van der Waals surface area contributed by atoms with Crippen LogP contribution in [-0.4, -0.2) is 60.3 Å². The largest absolute Gasteiger partial charge is 0.444 e. The van der Waals surface area contributed by atoms with E-state index in [0.29, 0.717) is 13.2 Å². The molecule has 0 radical (unpaired) electrons. The van der Waals surface area contributed by atoms with E-state index in [-0.39, 0.29) is 18.9 Å². The van der Waals surface area contributed by atoms with Crippen molar-refractivity contribution in [2.24, 2.45) is 5.73 Å². The monoisotopic (exact) mass is 315 g/mol. The Labute approximate surface area is 130 Å². The van der Waals surface area contributed by atoms with Crippen molar-refractivity contribution in [3.05, 3.63) is 0 Å². The maximum absolute atomic E-state index is 12.2. The molecule has 1 heterocycles. The van der Waals surface area contributed by atoms with Crippen molar-refractivity contribution in [1.29, 1.82) is 0 Å². The van der Waals surface area contributed by atoms with Gasteiger partial charge in [0.25, 0.3) is 0 Å². The first-order valence-corrected chi connectivity index (χ1v) is 7.29. The van der Waals surface area contributed by atoms with Crippen molar-refractivity contribution in [2.75, 3.05) is 19.7 Å². The van der Waals surface area contributed by atoms with Gasteiger partial charge in [0.15, 0.2) is 0 Å². The second-order valence-corrected chi connectivity index (χ2v) is 6.19. The summed E-state index contributed by atoms with van der Waals surface area (Å²) in [4.78, 5) is 36.6. The van der Waals surface area contributed by atoms with Gasteiger partial charge < -0.3 is 25.4 Å². The highest BCUT2D eigenvalue weighted by atomic mass is 16.6. The van der Waals surface area contributed by atoms with Crippen LogP contribution in [0.5, 0.6) is 0 Å². The Balaban J connectivity index is 2.47. The molecule has 0 spiro atoms. The molecule has 0 unspecified atom stereocenters. The van der Waals surface area contributed by atoms with Gasteiger partial charge in [-0.1, -0.05) is 0 Å². The first-order chi connectivity index (χ1) is 10.1. The molecular formula is C14H25N3O5. The lowest BCUT2D eigenvalue weighted by Gasteiger charge is -2.38. The predicted octanol–water partition coefficient (Wildman–Crippen LogP) is 0.00240. The van der Waals surface area contributed by atoms with E-state index in [0.717, 1.165) is 0 Å². The molecule has 0 bridgehead atoms. The molecule has 8 nitrogen and oxygen atoms in total. The second-order valence-electron chi connectivity index (χ2n) is 6.19. The molecule has 0 aromatic heterocycles. The summed E-state index contributed by atoms with van der Waals surface area (Å²) < 4.78 is 10.4. The SMILES string of the molecule is C[C@H]1OCCN(C(=O)CCNC(=O)OC(C)(C)C)[C@@H]1C(N)=O. The lowest BCUT2D eigenvalue weighted by Crippen LogP contribution is -2.58. The van der Waals surface area contributed by atoms with Crippen LogP contribution in [0.2, 0.25) is 0 Å². The van der Waals surface area contributed by atoms with Crippen molar-refractivity contribution in [3.63, 3.8) is 0 Å². The van der Waals surface area contributed by atoms with E-state index in [1.54, 1.807) is 27.7 Å². The van der Waals surface area contributed by atoms with Crippen LogP contribution in [0.1, 0.15) is 34.1 Å². The minimum absolute atomic E-state index is 0.0652. The van der Waals surface area contributed by atoms with Crippen molar-refractivity contribution < 1.29 is 23.9 Å². The van der Waals surface area contributed by atoms with Gasteiger partial charge in [0.05, 0.1) is 12.7 Å². The smallest absolute Gasteiger partial charge is 0.407 e. The number of hydrogen-bond donors (Lipinski definition) is 2. The van der Waals surface area contributed by atoms with Crippen LogP contribution in [0.25, 0.3) is 0 Å². The Morgan fingerprint density at radius 3 is 2.55 bits per heavy atom. The number of carbonyl (C=O) groups is 3. The summed E-state index contributed by atoms with van der Waals surface area (Å²) in [5, 5.41) is 2.51. The third kappa shape index (κ3) is 5.51. The maximum atomic E-state index is 12.2. The van der Waals surface area contributed by atoms with E-state index in [2.05, 4.69) is 5.32 Å². The Hall–Kier alpha value is -1.83. The minimum atomic E-state index is -0.775. The molecule has 0 saturated carbocycles. The number of hydrogen-bond acceptors (Lipinski definition) is 5. The zero-order chi connectivity index (χ0) is 16.9. The molecule has 1 saturated heterocycles. The summed E-state index contributed by atoms with van der Waals surface area (Å²) in [7, 11) is 0. The molecule has 0 aliphatic carbocycles. The Morgan fingerprint density at radius 2 is 2.00 bits per heavy atom. The van der Waals surface area contributed by atoms with Gasteiger partial charge in [0.2, 0.25) is 11.8 Å². The summed E-state index contributed by atoms with van der Waals surface area (Å²) in [5.74, 6) is -0.851. The number of nitrogens with one attached hydrogen (secondary N) is 1. The first-order valence-electron chi connectivity index (χ1n) is 7.29. The fourth-order valence-electron chi connectivity index (χ4n) is 2.21. The molecule has 3 amide bonds. The zero-order valence-corrected chi connectivity index (χ0v) is 13.5. The molecule has 1 fully saturated rings. The van der Waals surface area contributed by atoms with Crippen molar-refractivity contribution >= 4 is 17.9 Å². The summed E-state index contributed by atoms with van der Waals surface area (Å²) in [5.41, 5.74) is 4.74. The Bertz CT molecular complexity index is 433. The standard InChI is InChI=1S/C14H25N3O5/c1-9-11(12(15)19)17(7-8-21-9)10(18)5-6-16-13(20)22-14(2,3)4/h9,11H,5-8H2,1-4H3,(H2,15,19)(H,16,20)/t9-,11+/m1/s1. The average Bonchev–Trinajstić information content (AvgIpc) is 2.35. The highest BCUT2D eigenvalue weighted by Gasteiger charge is 2.36. The van der Waals surface area contributed by atoms with Crippen LogP contribution in [0, 0.1) is 0 Å². The van der Waals surface area contributed by atoms with Gasteiger partial charge in [-0.05, 0) is 27.7 Å². The summed E-state index contributed by atoms with van der Waals surface area (Å²) in [6.07, 6.45) is -0.952. The van der Waals surface area contributed by atoms with Crippen LogP contribution < -0.4 is 11.1 Å². The molecule has 22 heavy (non-hydrogen) atoms. The summed E-state index contributed by atoms with van der Waals surface area (Å²) in [6, 6.07) is -0.775. The normalized spacial score (nSPS) is 22.1. The summed E-state index contributed by atoms with van der Waals surface area (Å²) >= 11 is 0. The lowest BCUT2D eigenvalue weighted by molar-refractivity contribution is -0.153. The van der Waals surface area contributed by atoms with Gasteiger partial charge in [-0.15, -0.1) is 0 Å². The van der Waals surface area contributed by atoms with Gasteiger partial charge in [0, 0.05) is 19.5 Å². The molecule has 0 aromatic carbocycles. The Kier molecular flexibility index (Phi) is 6.16. The quantitative estimate of drug-likeness (QED) is 0.758. The van der Waals surface area contributed by atoms with Crippen LogP contribution in [0.15, 0.2) is 0 Å². The number of nitrogens with two attached hydrogens (primary N) is 1. The summed E-state index contributed by atoms with van der Waals surface area (Å²) in [6.45, 7) is 7.76. The van der Waals surface area contributed by atoms with Crippen LogP contribution >= 0.6 is 0 Å². The average molecular weight is 315 g/mol. The van der Waals surface area contributed by atoms with E-state index in [1.807, 2.05) is 0 Å². The van der Waals surface area contributed by atoms with Gasteiger partial charge in [0.1, 0.15) is 11.6 Å². The van der Waals surface area contributed by atoms with Crippen LogP contribution in [0.4, 0.5) is 4.79 Å². The molecule has 0 aromatic rings. The number of carbonyl (C=O) groups excluding carboxylic acids is 3. The van der Waals surface area contributed by atoms with E-state index in [4.69, 9.17) is 15.2 Å². The number of alkyl carbamates (subject to hydrolysis) is 1. The van der Waals surface area contributed by atoms with Crippen molar-refractivity contribution in [1.82, 2.24) is 10.2 Å². The number of primary amides is 1.